The van der Waals surface area contributed by atoms with Crippen LogP contribution >= 0.6 is 0 Å². The molecule has 0 aromatic rings. The number of nitrogens with two attached hydrogens (primary N) is 1. The van der Waals surface area contributed by atoms with Crippen LogP contribution in [0, 0.1) is 11.8 Å². The third kappa shape index (κ3) is 3.61. The Morgan fingerprint density at radius 1 is 1.29 bits per heavy atom. The van der Waals surface area contributed by atoms with E-state index in [0.717, 1.165) is 11.8 Å². The molecule has 2 N–H and O–H groups in total. The van der Waals surface area contributed by atoms with Crippen molar-refractivity contribution < 1.29 is 0 Å². The highest BCUT2D eigenvalue weighted by Crippen LogP contribution is 2.32. The van der Waals surface area contributed by atoms with Crippen LogP contribution in [0.2, 0.25) is 0 Å². The Hall–Kier alpha value is -0.0400. The van der Waals surface area contributed by atoms with Gasteiger partial charge in [-0.05, 0) is 31.1 Å². The summed E-state index contributed by atoms with van der Waals surface area (Å²) in [4.78, 5) is 0. The molecule has 84 valence electrons. The summed E-state index contributed by atoms with van der Waals surface area (Å²) in [6.07, 6.45) is 11.0. The summed E-state index contributed by atoms with van der Waals surface area (Å²) in [6, 6.07) is 0.519. The molecule has 0 amide bonds. The average molecular weight is 197 g/mol. The molecule has 0 bridgehead atoms. The van der Waals surface area contributed by atoms with Gasteiger partial charge in [-0.1, -0.05) is 46.0 Å². The summed E-state index contributed by atoms with van der Waals surface area (Å²) in [5, 5.41) is 0. The first-order chi connectivity index (χ1) is 6.77. The van der Waals surface area contributed by atoms with Crippen molar-refractivity contribution in [3.8, 4) is 0 Å². The molecule has 14 heavy (non-hydrogen) atoms. The van der Waals surface area contributed by atoms with E-state index in [0.29, 0.717) is 6.04 Å². The van der Waals surface area contributed by atoms with Gasteiger partial charge in [0.25, 0.3) is 0 Å². The predicted octanol–water partition coefficient (Wildman–Crippen LogP) is 3.72. The molecular formula is C13H27N. The largest absolute Gasteiger partial charge is 0.327 e. The van der Waals surface area contributed by atoms with Gasteiger partial charge in [0.1, 0.15) is 0 Å². The second-order valence-corrected chi connectivity index (χ2v) is 5.01. The molecule has 3 atom stereocenters. The minimum atomic E-state index is 0.519. The van der Waals surface area contributed by atoms with Crippen LogP contribution in [0.15, 0.2) is 0 Å². The van der Waals surface area contributed by atoms with E-state index in [1.54, 1.807) is 0 Å². The fraction of sp³-hybridized carbons (Fsp3) is 1.00. The van der Waals surface area contributed by atoms with Crippen LogP contribution in [0.3, 0.4) is 0 Å². The fourth-order valence-corrected chi connectivity index (χ4v) is 2.77. The molecule has 1 aliphatic carbocycles. The van der Waals surface area contributed by atoms with Crippen molar-refractivity contribution in [2.24, 2.45) is 17.6 Å². The smallest absolute Gasteiger partial charge is 0.00672 e. The Morgan fingerprint density at radius 2 is 2.07 bits per heavy atom. The van der Waals surface area contributed by atoms with Crippen LogP contribution < -0.4 is 5.73 Å². The van der Waals surface area contributed by atoms with E-state index in [-0.39, 0.29) is 0 Å². The molecule has 3 unspecified atom stereocenters. The molecule has 0 aromatic carbocycles. The van der Waals surface area contributed by atoms with Crippen molar-refractivity contribution in [3.63, 3.8) is 0 Å². The average Bonchev–Trinajstić information content (AvgIpc) is 2.59. The lowest BCUT2D eigenvalue weighted by molar-refractivity contribution is 0.321. The number of hydrogen-bond acceptors (Lipinski definition) is 1. The van der Waals surface area contributed by atoms with Gasteiger partial charge in [0, 0.05) is 6.04 Å². The van der Waals surface area contributed by atoms with Crippen molar-refractivity contribution in [3.05, 3.63) is 0 Å². The van der Waals surface area contributed by atoms with E-state index in [4.69, 9.17) is 5.73 Å². The molecule has 0 spiro atoms. The van der Waals surface area contributed by atoms with Gasteiger partial charge in [0.15, 0.2) is 0 Å². The van der Waals surface area contributed by atoms with E-state index in [1.165, 1.54) is 51.4 Å². The molecule has 0 aromatic heterocycles. The Morgan fingerprint density at radius 3 is 2.57 bits per heavy atom. The molecule has 1 aliphatic rings. The van der Waals surface area contributed by atoms with Crippen molar-refractivity contribution in [2.75, 3.05) is 0 Å². The molecule has 0 radical (unpaired) electrons. The van der Waals surface area contributed by atoms with Crippen LogP contribution in [0.4, 0.5) is 0 Å². The summed E-state index contributed by atoms with van der Waals surface area (Å²) >= 11 is 0. The molecular weight excluding hydrogens is 170 g/mol. The van der Waals surface area contributed by atoms with Gasteiger partial charge in [-0.3, -0.25) is 0 Å². The molecule has 1 saturated carbocycles. The maximum Gasteiger partial charge on any atom is 0.00672 e. The van der Waals surface area contributed by atoms with Crippen molar-refractivity contribution in [1.82, 2.24) is 0 Å². The third-order valence-corrected chi connectivity index (χ3v) is 3.90. The van der Waals surface area contributed by atoms with E-state index in [9.17, 15) is 0 Å². The van der Waals surface area contributed by atoms with Gasteiger partial charge in [-0.15, -0.1) is 0 Å². The zero-order valence-electron chi connectivity index (χ0n) is 9.97. The first-order valence-corrected chi connectivity index (χ1v) is 6.53. The zero-order chi connectivity index (χ0) is 10.4. The van der Waals surface area contributed by atoms with Crippen LogP contribution in [0.5, 0.6) is 0 Å². The lowest BCUT2D eigenvalue weighted by Crippen LogP contribution is -2.26. The molecule has 1 nitrogen and oxygen atoms in total. The predicted molar refractivity (Wildman–Crippen MR) is 63.2 cm³/mol. The van der Waals surface area contributed by atoms with Crippen LogP contribution in [0.25, 0.3) is 0 Å². The lowest BCUT2D eigenvalue weighted by atomic mass is 9.86. The number of hydrogen-bond donors (Lipinski definition) is 1. The van der Waals surface area contributed by atoms with Crippen LogP contribution in [-0.4, -0.2) is 6.04 Å². The van der Waals surface area contributed by atoms with Gasteiger partial charge in [0.2, 0.25) is 0 Å². The maximum absolute atomic E-state index is 6.11. The minimum absolute atomic E-state index is 0.519. The fourth-order valence-electron chi connectivity index (χ4n) is 2.77. The van der Waals surface area contributed by atoms with Crippen molar-refractivity contribution >= 4 is 0 Å². The standard InChI is InChI=1S/C13H27N/c1-3-5-7-11(4-2)10-12-8-6-9-13(12)14/h11-13H,3-10,14H2,1-2H3. The maximum atomic E-state index is 6.11. The summed E-state index contributed by atoms with van der Waals surface area (Å²) in [5.41, 5.74) is 6.11. The first-order valence-electron chi connectivity index (χ1n) is 6.53. The summed E-state index contributed by atoms with van der Waals surface area (Å²) < 4.78 is 0. The highest BCUT2D eigenvalue weighted by atomic mass is 14.7. The number of rotatable bonds is 6. The highest BCUT2D eigenvalue weighted by molar-refractivity contribution is 4.81. The van der Waals surface area contributed by atoms with E-state index in [1.807, 2.05) is 0 Å². The third-order valence-electron chi connectivity index (χ3n) is 3.90. The zero-order valence-corrected chi connectivity index (χ0v) is 9.97. The Kier molecular flexibility index (Phi) is 5.54. The first kappa shape index (κ1) is 12.0. The Labute approximate surface area is 89.5 Å². The molecule has 1 fully saturated rings. The van der Waals surface area contributed by atoms with Crippen LogP contribution in [0.1, 0.15) is 65.2 Å². The highest BCUT2D eigenvalue weighted by Gasteiger charge is 2.25. The summed E-state index contributed by atoms with van der Waals surface area (Å²) in [6.45, 7) is 4.62. The van der Waals surface area contributed by atoms with Crippen molar-refractivity contribution in [2.45, 2.75) is 71.3 Å². The minimum Gasteiger partial charge on any atom is -0.327 e. The van der Waals surface area contributed by atoms with Gasteiger partial charge in [-0.2, -0.15) is 0 Å². The lowest BCUT2D eigenvalue weighted by Gasteiger charge is -2.22. The van der Waals surface area contributed by atoms with E-state index >= 15 is 0 Å². The normalized spacial score (nSPS) is 29.4. The monoisotopic (exact) mass is 197 g/mol. The molecule has 1 rings (SSSR count). The molecule has 0 heterocycles. The molecule has 1 heteroatoms. The summed E-state index contributed by atoms with van der Waals surface area (Å²) in [5.74, 6) is 1.79. The SMILES string of the molecule is CCCCC(CC)CC1CCCC1N. The topological polar surface area (TPSA) is 26.0 Å². The van der Waals surface area contributed by atoms with Crippen LogP contribution in [-0.2, 0) is 0 Å². The quantitative estimate of drug-likeness (QED) is 0.690. The Balaban J connectivity index is 2.24. The van der Waals surface area contributed by atoms with Gasteiger partial charge in [-0.25, -0.2) is 0 Å². The van der Waals surface area contributed by atoms with Crippen molar-refractivity contribution in [1.29, 1.82) is 0 Å². The second kappa shape index (κ2) is 6.44. The number of unbranched alkanes of at least 4 members (excludes halogenated alkanes) is 1. The van der Waals surface area contributed by atoms with Gasteiger partial charge < -0.3 is 5.73 Å². The second-order valence-electron chi connectivity index (χ2n) is 5.01. The summed E-state index contributed by atoms with van der Waals surface area (Å²) in [7, 11) is 0. The Bertz CT molecular complexity index is 144. The van der Waals surface area contributed by atoms with E-state index in [2.05, 4.69) is 13.8 Å². The molecule has 0 aliphatic heterocycles. The van der Waals surface area contributed by atoms with Gasteiger partial charge in [0.05, 0.1) is 0 Å². The van der Waals surface area contributed by atoms with Gasteiger partial charge >= 0.3 is 0 Å². The molecule has 0 saturated heterocycles. The van der Waals surface area contributed by atoms with E-state index < -0.39 is 0 Å².